The molecule has 0 unspecified atom stereocenters. The van der Waals surface area contributed by atoms with Crippen molar-refractivity contribution in [2.24, 2.45) is 0 Å². The predicted octanol–water partition coefficient (Wildman–Crippen LogP) is 3.27. The minimum Gasteiger partial charge on any atom is -0.454 e. The number of rotatable bonds is 4. The van der Waals surface area contributed by atoms with Gasteiger partial charge in [-0.25, -0.2) is 0 Å². The number of ether oxygens (including phenoxy) is 2. The fraction of sp³-hybridized carbons (Fsp3) is 0.381. The molecule has 7 heteroatoms. The second-order valence-electron chi connectivity index (χ2n) is 7.35. The van der Waals surface area contributed by atoms with Gasteiger partial charge in [0.05, 0.1) is 11.7 Å². The number of tetrazole rings is 1. The van der Waals surface area contributed by atoms with Gasteiger partial charge in [0.15, 0.2) is 17.3 Å². The van der Waals surface area contributed by atoms with Crippen molar-refractivity contribution in [3.63, 3.8) is 0 Å². The number of hydrogen-bond donors (Lipinski definition) is 0. The number of likely N-dealkylation sites (tertiary alicyclic amines) is 1. The van der Waals surface area contributed by atoms with Crippen LogP contribution in [-0.4, -0.2) is 45.0 Å². The van der Waals surface area contributed by atoms with Crippen LogP contribution in [0.25, 0.3) is 5.69 Å². The molecule has 7 nitrogen and oxygen atoms in total. The molecule has 0 amide bonds. The molecule has 3 aromatic rings. The van der Waals surface area contributed by atoms with Crippen molar-refractivity contribution >= 4 is 0 Å². The van der Waals surface area contributed by atoms with Gasteiger partial charge in [-0.3, -0.25) is 4.90 Å². The van der Waals surface area contributed by atoms with E-state index in [1.807, 2.05) is 22.9 Å². The lowest BCUT2D eigenvalue weighted by atomic mass is 10.00. The van der Waals surface area contributed by atoms with Gasteiger partial charge < -0.3 is 9.47 Å². The number of aromatic nitrogens is 4. The number of piperidine rings is 1. The summed E-state index contributed by atoms with van der Waals surface area (Å²) < 4.78 is 13.0. The fourth-order valence-electron chi connectivity index (χ4n) is 4.12. The molecule has 1 aromatic heterocycles. The number of aryl methyl sites for hydroxylation is 1. The molecular weight excluding hydrogens is 354 g/mol. The molecule has 1 saturated heterocycles. The summed E-state index contributed by atoms with van der Waals surface area (Å²) in [6, 6.07) is 14.3. The third kappa shape index (κ3) is 3.01. The average molecular weight is 377 g/mol. The maximum absolute atomic E-state index is 5.63. The van der Waals surface area contributed by atoms with Gasteiger partial charge in [-0.05, 0) is 72.6 Å². The van der Waals surface area contributed by atoms with Crippen molar-refractivity contribution in [3.05, 3.63) is 59.4 Å². The Morgan fingerprint density at radius 2 is 1.79 bits per heavy atom. The first-order valence-corrected chi connectivity index (χ1v) is 9.79. The summed E-state index contributed by atoms with van der Waals surface area (Å²) in [6.07, 6.45) is 3.65. The lowest BCUT2D eigenvalue weighted by Crippen LogP contribution is -2.36. The Bertz CT molecular complexity index is 980. The minimum absolute atomic E-state index is 0.0376. The average Bonchev–Trinajstić information content (AvgIpc) is 3.39. The van der Waals surface area contributed by atoms with Gasteiger partial charge in [0, 0.05) is 0 Å². The van der Waals surface area contributed by atoms with Crippen molar-refractivity contribution < 1.29 is 9.47 Å². The van der Waals surface area contributed by atoms with Gasteiger partial charge in [-0.1, -0.05) is 30.7 Å². The van der Waals surface area contributed by atoms with Crippen LogP contribution in [-0.2, 0) is 0 Å². The zero-order valence-electron chi connectivity index (χ0n) is 15.9. The maximum Gasteiger partial charge on any atom is 0.231 e. The Hall–Kier alpha value is -2.93. The van der Waals surface area contributed by atoms with Gasteiger partial charge in [0.2, 0.25) is 6.79 Å². The zero-order chi connectivity index (χ0) is 18.9. The molecule has 0 aliphatic carbocycles. The summed E-state index contributed by atoms with van der Waals surface area (Å²) in [4.78, 5) is 2.47. The summed E-state index contributed by atoms with van der Waals surface area (Å²) in [7, 11) is 0. The van der Waals surface area contributed by atoms with Crippen LogP contribution in [0.2, 0.25) is 0 Å². The molecular formula is C21H23N5O2. The second kappa shape index (κ2) is 7.24. The molecule has 28 heavy (non-hydrogen) atoms. The number of fused-ring (bicyclic) bond motifs is 1. The number of hydrogen-bond acceptors (Lipinski definition) is 6. The van der Waals surface area contributed by atoms with E-state index in [0.717, 1.165) is 47.2 Å². The van der Waals surface area contributed by atoms with Gasteiger partial charge in [0.25, 0.3) is 0 Å². The van der Waals surface area contributed by atoms with Crippen LogP contribution in [0.1, 0.15) is 42.3 Å². The molecule has 0 spiro atoms. The quantitative estimate of drug-likeness (QED) is 0.695. The molecule has 0 radical (unpaired) electrons. The van der Waals surface area contributed by atoms with E-state index in [9.17, 15) is 0 Å². The monoisotopic (exact) mass is 377 g/mol. The molecule has 5 rings (SSSR count). The van der Waals surface area contributed by atoms with Gasteiger partial charge >= 0.3 is 0 Å². The Morgan fingerprint density at radius 1 is 0.964 bits per heavy atom. The molecule has 0 N–H and O–H groups in total. The van der Waals surface area contributed by atoms with Crippen molar-refractivity contribution in [1.82, 2.24) is 25.1 Å². The summed E-state index contributed by atoms with van der Waals surface area (Å²) in [5.41, 5.74) is 3.26. The highest BCUT2D eigenvalue weighted by Crippen LogP contribution is 2.38. The van der Waals surface area contributed by atoms with Gasteiger partial charge in [0.1, 0.15) is 0 Å². The van der Waals surface area contributed by atoms with Crippen LogP contribution in [0.3, 0.4) is 0 Å². The van der Waals surface area contributed by atoms with Crippen LogP contribution >= 0.6 is 0 Å². The van der Waals surface area contributed by atoms with Crippen molar-refractivity contribution in [3.8, 4) is 17.2 Å². The molecule has 2 aromatic carbocycles. The highest BCUT2D eigenvalue weighted by molar-refractivity contribution is 5.47. The molecule has 2 aliphatic rings. The van der Waals surface area contributed by atoms with Crippen LogP contribution in [0.5, 0.6) is 11.5 Å². The first-order valence-electron chi connectivity index (χ1n) is 9.79. The van der Waals surface area contributed by atoms with Crippen LogP contribution in [0.15, 0.2) is 42.5 Å². The first kappa shape index (κ1) is 17.2. The SMILES string of the molecule is Cc1ccccc1-n1nnnc1[C@H](c1ccc2c(c1)OCO2)N1CCCCC1. The summed E-state index contributed by atoms with van der Waals surface area (Å²) >= 11 is 0. The fourth-order valence-corrected chi connectivity index (χ4v) is 4.12. The lowest BCUT2D eigenvalue weighted by molar-refractivity contribution is 0.172. The van der Waals surface area contributed by atoms with E-state index in [-0.39, 0.29) is 12.8 Å². The largest absolute Gasteiger partial charge is 0.454 e. The second-order valence-corrected chi connectivity index (χ2v) is 7.35. The summed E-state index contributed by atoms with van der Waals surface area (Å²) in [5, 5.41) is 12.8. The van der Waals surface area contributed by atoms with Gasteiger partial charge in [-0.15, -0.1) is 5.10 Å². The third-order valence-corrected chi connectivity index (χ3v) is 5.55. The highest BCUT2D eigenvalue weighted by atomic mass is 16.7. The van der Waals surface area contributed by atoms with Crippen LogP contribution < -0.4 is 9.47 Å². The van der Waals surface area contributed by atoms with E-state index in [1.54, 1.807) is 0 Å². The van der Waals surface area contributed by atoms with E-state index >= 15 is 0 Å². The van der Waals surface area contributed by atoms with Crippen LogP contribution in [0.4, 0.5) is 0 Å². The Morgan fingerprint density at radius 3 is 2.64 bits per heavy atom. The number of para-hydroxylation sites is 1. The minimum atomic E-state index is -0.0376. The molecule has 144 valence electrons. The smallest absolute Gasteiger partial charge is 0.231 e. The van der Waals surface area contributed by atoms with Crippen molar-refractivity contribution in [2.45, 2.75) is 32.2 Å². The Kier molecular flexibility index (Phi) is 4.44. The molecule has 0 bridgehead atoms. The van der Waals surface area contributed by atoms with Gasteiger partial charge in [-0.2, -0.15) is 4.68 Å². The Balaban J connectivity index is 1.62. The lowest BCUT2D eigenvalue weighted by Gasteiger charge is -2.34. The van der Waals surface area contributed by atoms with Crippen molar-refractivity contribution in [1.29, 1.82) is 0 Å². The predicted molar refractivity (Wildman–Crippen MR) is 104 cm³/mol. The Labute approximate surface area is 163 Å². The zero-order valence-corrected chi connectivity index (χ0v) is 15.9. The maximum atomic E-state index is 5.63. The third-order valence-electron chi connectivity index (χ3n) is 5.55. The van der Waals surface area contributed by atoms with E-state index in [2.05, 4.69) is 51.6 Å². The molecule has 1 atom stereocenters. The normalized spacial score (nSPS) is 17.6. The molecule has 3 heterocycles. The molecule has 0 saturated carbocycles. The van der Waals surface area contributed by atoms with E-state index in [1.165, 1.54) is 19.3 Å². The standard InChI is InChI=1S/C21H23N5O2/c1-15-7-3-4-8-17(15)26-21(22-23-24-26)20(25-11-5-2-6-12-25)16-9-10-18-19(13-16)28-14-27-18/h3-4,7-10,13,20H,2,5-6,11-12,14H2,1H3/t20-/m0/s1. The topological polar surface area (TPSA) is 65.3 Å². The van der Waals surface area contributed by atoms with E-state index in [4.69, 9.17) is 9.47 Å². The first-order chi connectivity index (χ1) is 13.8. The van der Waals surface area contributed by atoms with Crippen molar-refractivity contribution in [2.75, 3.05) is 19.9 Å². The summed E-state index contributed by atoms with van der Waals surface area (Å²) in [6.45, 7) is 4.41. The van der Waals surface area contributed by atoms with E-state index in [0.29, 0.717) is 0 Å². The molecule has 1 fully saturated rings. The summed E-state index contributed by atoms with van der Waals surface area (Å²) in [5.74, 6) is 2.41. The molecule has 2 aliphatic heterocycles. The van der Waals surface area contributed by atoms with Crippen LogP contribution in [0, 0.1) is 6.92 Å². The number of nitrogens with zero attached hydrogens (tertiary/aromatic N) is 5. The van der Waals surface area contributed by atoms with E-state index < -0.39 is 0 Å². The highest BCUT2D eigenvalue weighted by Gasteiger charge is 2.31. The number of benzene rings is 2.